The summed E-state index contributed by atoms with van der Waals surface area (Å²) in [6.45, 7) is 5.02. The summed E-state index contributed by atoms with van der Waals surface area (Å²) in [5.74, 6) is -1.95. The Balaban J connectivity index is 2.35. The van der Waals surface area contributed by atoms with Crippen LogP contribution in [0.5, 0.6) is 0 Å². The molecule has 2 rings (SSSR count). The molecule has 0 unspecified atom stereocenters. The smallest absolute Gasteiger partial charge is 0.412 e. The summed E-state index contributed by atoms with van der Waals surface area (Å²) in [5.41, 5.74) is -0.843. The second-order valence-corrected chi connectivity index (χ2v) is 5.36. The molecule has 2 aromatic rings. The molecular weight excluding hydrogens is 281 g/mol. The van der Waals surface area contributed by atoms with Crippen LogP contribution in [0, 0.1) is 5.82 Å². The van der Waals surface area contributed by atoms with Crippen molar-refractivity contribution in [1.29, 1.82) is 0 Å². The lowest BCUT2D eigenvalue weighted by Crippen LogP contribution is -2.27. The molecule has 0 spiro atoms. The van der Waals surface area contributed by atoms with Crippen LogP contribution in [0.3, 0.4) is 0 Å². The van der Waals surface area contributed by atoms with Crippen molar-refractivity contribution in [3.63, 3.8) is 0 Å². The summed E-state index contributed by atoms with van der Waals surface area (Å²) >= 11 is 0. The first-order chi connectivity index (χ1) is 9.67. The summed E-state index contributed by atoms with van der Waals surface area (Å²) in [7, 11) is 0. The number of pyridine rings is 1. The molecule has 112 valence electrons. The van der Waals surface area contributed by atoms with Crippen molar-refractivity contribution < 1.29 is 23.8 Å². The van der Waals surface area contributed by atoms with Gasteiger partial charge in [0.25, 0.3) is 0 Å². The number of carboxylic acid groups (broad SMARTS) is 1. The number of nitrogens with one attached hydrogen (secondary N) is 1. The highest BCUT2D eigenvalue weighted by Gasteiger charge is 2.19. The molecule has 0 saturated heterocycles. The van der Waals surface area contributed by atoms with Gasteiger partial charge in [-0.3, -0.25) is 5.32 Å². The number of halogens is 1. The number of aromatic nitrogens is 2. The number of nitrogens with zero attached hydrogens (tertiary/aromatic N) is 2. The zero-order chi connectivity index (χ0) is 15.8. The summed E-state index contributed by atoms with van der Waals surface area (Å²) in [6, 6.07) is 1.19. The lowest BCUT2D eigenvalue weighted by Gasteiger charge is -2.19. The van der Waals surface area contributed by atoms with E-state index in [1.807, 2.05) is 0 Å². The fraction of sp³-hybridized carbons (Fsp3) is 0.308. The van der Waals surface area contributed by atoms with E-state index in [4.69, 9.17) is 9.84 Å². The van der Waals surface area contributed by atoms with Crippen LogP contribution in [-0.2, 0) is 4.74 Å². The van der Waals surface area contributed by atoms with Gasteiger partial charge in [0.2, 0.25) is 0 Å². The van der Waals surface area contributed by atoms with Gasteiger partial charge in [-0.2, -0.15) is 5.10 Å². The Labute approximate surface area is 119 Å². The van der Waals surface area contributed by atoms with Gasteiger partial charge in [0, 0.05) is 0 Å². The minimum absolute atomic E-state index is 0.0951. The van der Waals surface area contributed by atoms with Gasteiger partial charge in [-0.15, -0.1) is 0 Å². The van der Waals surface area contributed by atoms with E-state index in [1.54, 1.807) is 20.8 Å². The molecular formula is C13H14FN3O4. The Morgan fingerprint density at radius 3 is 2.67 bits per heavy atom. The minimum Gasteiger partial charge on any atom is -0.478 e. The SMILES string of the molecule is CC(C)(C)OC(=O)Nc1cc2c(C(=O)O)cnn2cc1F. The zero-order valence-corrected chi connectivity index (χ0v) is 11.7. The third-order valence-corrected chi connectivity index (χ3v) is 2.47. The monoisotopic (exact) mass is 295 g/mol. The topological polar surface area (TPSA) is 92.9 Å². The number of ether oxygens (including phenoxy) is 1. The van der Waals surface area contributed by atoms with Gasteiger partial charge < -0.3 is 9.84 Å². The number of anilines is 1. The predicted octanol–water partition coefficient (Wildman–Crippen LogP) is 2.52. The van der Waals surface area contributed by atoms with Gasteiger partial charge in [-0.05, 0) is 26.8 Å². The fourth-order valence-corrected chi connectivity index (χ4v) is 1.68. The number of carbonyl (C=O) groups excluding carboxylic acids is 1. The molecule has 0 atom stereocenters. The first-order valence-corrected chi connectivity index (χ1v) is 6.07. The Morgan fingerprint density at radius 2 is 2.10 bits per heavy atom. The Kier molecular flexibility index (Phi) is 3.54. The first kappa shape index (κ1) is 14.8. The number of aromatic carboxylic acids is 1. The van der Waals surface area contributed by atoms with E-state index in [9.17, 15) is 14.0 Å². The van der Waals surface area contributed by atoms with Gasteiger partial charge in [-0.1, -0.05) is 0 Å². The molecule has 7 nitrogen and oxygen atoms in total. The van der Waals surface area contributed by atoms with Gasteiger partial charge in [0.1, 0.15) is 11.2 Å². The van der Waals surface area contributed by atoms with E-state index in [-0.39, 0.29) is 16.8 Å². The van der Waals surface area contributed by atoms with Crippen molar-refractivity contribution in [3.8, 4) is 0 Å². The Morgan fingerprint density at radius 1 is 1.43 bits per heavy atom. The summed E-state index contributed by atoms with van der Waals surface area (Å²) in [4.78, 5) is 22.7. The normalized spacial score (nSPS) is 11.4. The lowest BCUT2D eigenvalue weighted by atomic mass is 10.2. The number of carboxylic acids is 1. The maximum atomic E-state index is 13.8. The maximum Gasteiger partial charge on any atom is 0.412 e. The first-order valence-electron chi connectivity index (χ1n) is 6.07. The van der Waals surface area contributed by atoms with Gasteiger partial charge in [-0.25, -0.2) is 18.5 Å². The van der Waals surface area contributed by atoms with Crippen molar-refractivity contribution >= 4 is 23.3 Å². The number of carbonyl (C=O) groups is 2. The number of hydrogen-bond donors (Lipinski definition) is 2. The Bertz CT molecular complexity index is 718. The summed E-state index contributed by atoms with van der Waals surface area (Å²) in [5, 5.41) is 15.0. The minimum atomic E-state index is -1.19. The number of amides is 1. The van der Waals surface area contributed by atoms with Crippen LogP contribution in [0.2, 0.25) is 0 Å². The molecule has 8 heteroatoms. The highest BCUT2D eigenvalue weighted by molar-refractivity contribution is 5.96. The van der Waals surface area contributed by atoms with Crippen molar-refractivity contribution in [2.24, 2.45) is 0 Å². The van der Waals surface area contributed by atoms with E-state index >= 15 is 0 Å². The van der Waals surface area contributed by atoms with Crippen molar-refractivity contribution in [1.82, 2.24) is 9.61 Å². The maximum absolute atomic E-state index is 13.8. The molecule has 21 heavy (non-hydrogen) atoms. The predicted molar refractivity (Wildman–Crippen MR) is 72.0 cm³/mol. The average molecular weight is 295 g/mol. The largest absolute Gasteiger partial charge is 0.478 e. The highest BCUT2D eigenvalue weighted by Crippen LogP contribution is 2.20. The molecule has 2 N–H and O–H groups in total. The molecule has 2 heterocycles. The average Bonchev–Trinajstić information content (AvgIpc) is 2.69. The van der Waals surface area contributed by atoms with Crippen molar-refractivity contribution in [3.05, 3.63) is 29.8 Å². The number of rotatable bonds is 2. The van der Waals surface area contributed by atoms with Crippen LogP contribution in [0.25, 0.3) is 5.52 Å². The number of fused-ring (bicyclic) bond motifs is 1. The number of hydrogen-bond acceptors (Lipinski definition) is 4. The fourth-order valence-electron chi connectivity index (χ4n) is 1.68. The van der Waals surface area contributed by atoms with E-state index < -0.39 is 23.5 Å². The second kappa shape index (κ2) is 5.04. The van der Waals surface area contributed by atoms with Crippen LogP contribution in [0.4, 0.5) is 14.9 Å². The molecule has 2 aromatic heterocycles. The lowest BCUT2D eigenvalue weighted by molar-refractivity contribution is 0.0633. The quantitative estimate of drug-likeness (QED) is 0.888. The molecule has 0 aromatic carbocycles. The molecule has 1 amide bonds. The second-order valence-electron chi connectivity index (χ2n) is 5.36. The van der Waals surface area contributed by atoms with Crippen molar-refractivity contribution in [2.75, 3.05) is 5.32 Å². The van der Waals surface area contributed by atoms with Crippen LogP contribution in [0.15, 0.2) is 18.5 Å². The van der Waals surface area contributed by atoms with Crippen LogP contribution < -0.4 is 5.32 Å². The molecule has 0 aliphatic carbocycles. The van der Waals surface area contributed by atoms with E-state index in [0.717, 1.165) is 16.9 Å². The molecule has 0 fully saturated rings. The van der Waals surface area contributed by atoms with E-state index in [0.29, 0.717) is 0 Å². The molecule has 0 saturated carbocycles. The molecule has 0 radical (unpaired) electrons. The van der Waals surface area contributed by atoms with Crippen LogP contribution >= 0.6 is 0 Å². The molecule has 0 aliphatic rings. The zero-order valence-electron chi connectivity index (χ0n) is 11.7. The van der Waals surface area contributed by atoms with Gasteiger partial charge >= 0.3 is 12.1 Å². The summed E-state index contributed by atoms with van der Waals surface area (Å²) < 4.78 is 19.9. The van der Waals surface area contributed by atoms with E-state index in [1.165, 1.54) is 6.07 Å². The van der Waals surface area contributed by atoms with Crippen molar-refractivity contribution in [2.45, 2.75) is 26.4 Å². The van der Waals surface area contributed by atoms with Gasteiger partial charge in [0.05, 0.1) is 23.6 Å². The Hall–Kier alpha value is -2.64. The van der Waals surface area contributed by atoms with Crippen LogP contribution in [0.1, 0.15) is 31.1 Å². The molecule has 0 bridgehead atoms. The third-order valence-electron chi connectivity index (χ3n) is 2.47. The summed E-state index contributed by atoms with van der Waals surface area (Å²) in [6.07, 6.45) is 1.25. The highest BCUT2D eigenvalue weighted by atomic mass is 19.1. The van der Waals surface area contributed by atoms with E-state index in [2.05, 4.69) is 10.4 Å². The van der Waals surface area contributed by atoms with Gasteiger partial charge in [0.15, 0.2) is 5.82 Å². The molecule has 0 aliphatic heterocycles. The van der Waals surface area contributed by atoms with Crippen LogP contribution in [-0.4, -0.2) is 32.4 Å². The third kappa shape index (κ3) is 3.28. The standard InChI is InChI=1S/C13H14FN3O4/c1-13(2,3)21-12(20)16-9-4-10-7(11(18)19)5-15-17(10)6-8(9)14/h4-6H,1-3H3,(H,16,20)(H,18,19).